The van der Waals surface area contributed by atoms with Crippen LogP contribution in [0, 0.1) is 6.92 Å². The summed E-state index contributed by atoms with van der Waals surface area (Å²) in [5.74, 6) is 0.629. The van der Waals surface area contributed by atoms with Gasteiger partial charge >= 0.3 is 5.56 Å². The Morgan fingerprint density at radius 3 is 2.94 bits per heavy atom. The molecule has 7 nitrogen and oxygen atoms in total. The SMILES string of the molecule is CCCOn1c(N)nc2nc(C)[nH]c2c1=O. The van der Waals surface area contributed by atoms with Crippen molar-refractivity contribution in [1.29, 1.82) is 0 Å². The third-order valence-corrected chi connectivity index (χ3v) is 2.05. The van der Waals surface area contributed by atoms with Crippen molar-refractivity contribution in [3.63, 3.8) is 0 Å². The lowest BCUT2D eigenvalue weighted by atomic mass is 10.5. The molecule has 7 heteroatoms. The molecule has 2 aromatic rings. The van der Waals surface area contributed by atoms with Crippen LogP contribution in [0.25, 0.3) is 11.2 Å². The summed E-state index contributed by atoms with van der Waals surface area (Å²) in [5, 5.41) is 0. The molecule has 2 heterocycles. The maximum Gasteiger partial charge on any atom is 0.314 e. The van der Waals surface area contributed by atoms with E-state index in [2.05, 4.69) is 15.0 Å². The second-order valence-electron chi connectivity index (χ2n) is 3.42. The molecule has 0 saturated heterocycles. The van der Waals surface area contributed by atoms with Gasteiger partial charge in [-0.1, -0.05) is 6.92 Å². The molecule has 0 radical (unpaired) electrons. The maximum absolute atomic E-state index is 11.9. The molecule has 0 atom stereocenters. The summed E-state index contributed by atoms with van der Waals surface area (Å²) in [5.41, 5.74) is 5.87. The Bertz CT molecular complexity index is 571. The third-order valence-electron chi connectivity index (χ3n) is 2.05. The van der Waals surface area contributed by atoms with Gasteiger partial charge in [0.2, 0.25) is 5.95 Å². The fraction of sp³-hybridized carbons (Fsp3) is 0.444. The summed E-state index contributed by atoms with van der Waals surface area (Å²) in [6, 6.07) is 0. The van der Waals surface area contributed by atoms with Gasteiger partial charge in [-0.3, -0.25) is 4.79 Å². The Labute approximate surface area is 91.2 Å². The van der Waals surface area contributed by atoms with Crippen molar-refractivity contribution >= 4 is 17.1 Å². The van der Waals surface area contributed by atoms with E-state index in [1.165, 1.54) is 0 Å². The number of nitrogen functional groups attached to an aromatic ring is 1. The van der Waals surface area contributed by atoms with E-state index in [4.69, 9.17) is 10.6 Å². The van der Waals surface area contributed by atoms with Crippen LogP contribution in [0.15, 0.2) is 4.79 Å². The number of H-pyrrole nitrogens is 1. The Morgan fingerprint density at radius 1 is 1.50 bits per heavy atom. The summed E-state index contributed by atoms with van der Waals surface area (Å²) in [7, 11) is 0. The van der Waals surface area contributed by atoms with Crippen LogP contribution in [0.3, 0.4) is 0 Å². The largest absolute Gasteiger partial charge is 0.407 e. The van der Waals surface area contributed by atoms with Gasteiger partial charge in [0, 0.05) is 0 Å². The molecular weight excluding hydrogens is 210 g/mol. The molecule has 2 aromatic heterocycles. The first-order valence-corrected chi connectivity index (χ1v) is 5.01. The topological polar surface area (TPSA) is 98.8 Å². The standard InChI is InChI=1S/C9H13N5O2/c1-3-4-16-14-8(15)6-7(13-9(14)10)12-5(2)11-6/h3-4H2,1-2H3,(H2,10,13)(H,11,12). The van der Waals surface area contributed by atoms with E-state index in [9.17, 15) is 4.79 Å². The number of fused-ring (bicyclic) bond motifs is 1. The van der Waals surface area contributed by atoms with E-state index in [1.807, 2.05) is 6.92 Å². The summed E-state index contributed by atoms with van der Waals surface area (Å²) in [4.78, 5) is 28.0. The van der Waals surface area contributed by atoms with Gasteiger partial charge in [-0.05, 0) is 13.3 Å². The van der Waals surface area contributed by atoms with Crippen molar-refractivity contribution in [3.8, 4) is 0 Å². The summed E-state index contributed by atoms with van der Waals surface area (Å²) in [6.07, 6.45) is 0.784. The fourth-order valence-electron chi connectivity index (χ4n) is 1.38. The summed E-state index contributed by atoms with van der Waals surface area (Å²) < 4.78 is 0.990. The second-order valence-corrected chi connectivity index (χ2v) is 3.42. The van der Waals surface area contributed by atoms with E-state index >= 15 is 0 Å². The van der Waals surface area contributed by atoms with Crippen LogP contribution in [0.5, 0.6) is 0 Å². The first-order chi connectivity index (χ1) is 7.63. The van der Waals surface area contributed by atoms with Crippen molar-refractivity contribution in [1.82, 2.24) is 19.7 Å². The van der Waals surface area contributed by atoms with Gasteiger partial charge in [0.15, 0.2) is 11.2 Å². The number of hydrogen-bond donors (Lipinski definition) is 2. The average Bonchev–Trinajstić information content (AvgIpc) is 2.59. The molecule has 86 valence electrons. The molecule has 0 aliphatic heterocycles. The molecule has 0 amide bonds. The van der Waals surface area contributed by atoms with Gasteiger partial charge in [0.05, 0.1) is 0 Å². The molecule has 0 aliphatic rings. The second kappa shape index (κ2) is 3.84. The Kier molecular flexibility index (Phi) is 2.51. The smallest absolute Gasteiger partial charge is 0.314 e. The molecule has 2 rings (SSSR count). The zero-order valence-corrected chi connectivity index (χ0v) is 9.15. The zero-order valence-electron chi connectivity index (χ0n) is 9.15. The molecule has 0 fully saturated rings. The molecule has 3 N–H and O–H groups in total. The van der Waals surface area contributed by atoms with Gasteiger partial charge in [-0.25, -0.2) is 4.98 Å². The molecule has 0 aromatic carbocycles. The third kappa shape index (κ3) is 1.60. The number of aromatic nitrogens is 4. The number of hydrogen-bond acceptors (Lipinski definition) is 5. The van der Waals surface area contributed by atoms with Crippen LogP contribution in [-0.2, 0) is 0 Å². The van der Waals surface area contributed by atoms with Gasteiger partial charge in [-0.2, -0.15) is 4.98 Å². The number of rotatable bonds is 3. The maximum atomic E-state index is 11.9. The highest BCUT2D eigenvalue weighted by Crippen LogP contribution is 2.05. The van der Waals surface area contributed by atoms with E-state index < -0.39 is 0 Å². The highest BCUT2D eigenvalue weighted by Gasteiger charge is 2.12. The van der Waals surface area contributed by atoms with Crippen LogP contribution in [0.4, 0.5) is 5.95 Å². The molecule has 0 aliphatic carbocycles. The molecular formula is C9H13N5O2. The number of nitrogens with one attached hydrogen (secondary N) is 1. The number of anilines is 1. The Balaban J connectivity index is 2.60. The van der Waals surface area contributed by atoms with E-state index in [0.717, 1.165) is 11.2 Å². The Morgan fingerprint density at radius 2 is 2.25 bits per heavy atom. The summed E-state index contributed by atoms with van der Waals surface area (Å²) in [6.45, 7) is 4.09. The lowest BCUT2D eigenvalue weighted by Gasteiger charge is -2.08. The van der Waals surface area contributed by atoms with Gasteiger partial charge in [0.25, 0.3) is 0 Å². The zero-order chi connectivity index (χ0) is 11.7. The van der Waals surface area contributed by atoms with E-state index in [0.29, 0.717) is 23.6 Å². The van der Waals surface area contributed by atoms with Crippen molar-refractivity contribution in [2.75, 3.05) is 12.3 Å². The number of imidazole rings is 1. The first kappa shape index (κ1) is 10.5. The molecule has 0 unspecified atom stereocenters. The minimum atomic E-state index is -0.364. The highest BCUT2D eigenvalue weighted by atomic mass is 16.7. The van der Waals surface area contributed by atoms with Crippen molar-refractivity contribution < 1.29 is 4.84 Å². The van der Waals surface area contributed by atoms with Crippen LogP contribution in [-0.4, -0.2) is 26.3 Å². The lowest BCUT2D eigenvalue weighted by Crippen LogP contribution is -2.30. The number of nitrogens with zero attached hydrogens (tertiary/aromatic N) is 3. The molecule has 0 saturated carbocycles. The quantitative estimate of drug-likeness (QED) is 0.753. The van der Waals surface area contributed by atoms with Gasteiger partial charge in [-0.15, -0.1) is 4.73 Å². The summed E-state index contributed by atoms with van der Waals surface area (Å²) >= 11 is 0. The van der Waals surface area contributed by atoms with E-state index in [1.54, 1.807) is 6.92 Å². The minimum Gasteiger partial charge on any atom is -0.407 e. The van der Waals surface area contributed by atoms with Crippen LogP contribution >= 0.6 is 0 Å². The molecule has 0 spiro atoms. The van der Waals surface area contributed by atoms with Crippen molar-refractivity contribution in [2.24, 2.45) is 0 Å². The van der Waals surface area contributed by atoms with Crippen LogP contribution in [0.1, 0.15) is 19.2 Å². The van der Waals surface area contributed by atoms with Crippen LogP contribution < -0.4 is 16.1 Å². The predicted molar refractivity (Wildman–Crippen MR) is 59.0 cm³/mol. The van der Waals surface area contributed by atoms with Crippen molar-refractivity contribution in [3.05, 3.63) is 16.2 Å². The van der Waals surface area contributed by atoms with Crippen molar-refractivity contribution in [2.45, 2.75) is 20.3 Å². The average molecular weight is 223 g/mol. The van der Waals surface area contributed by atoms with Gasteiger partial charge < -0.3 is 15.6 Å². The minimum absolute atomic E-state index is 0.0115. The van der Waals surface area contributed by atoms with Gasteiger partial charge in [0.1, 0.15) is 12.4 Å². The number of aryl methyl sites for hydroxylation is 1. The normalized spacial score (nSPS) is 10.9. The number of aromatic amines is 1. The lowest BCUT2D eigenvalue weighted by molar-refractivity contribution is 0.106. The monoisotopic (exact) mass is 223 g/mol. The molecule has 0 bridgehead atoms. The highest BCUT2D eigenvalue weighted by molar-refractivity contribution is 5.70. The first-order valence-electron chi connectivity index (χ1n) is 5.01. The van der Waals surface area contributed by atoms with E-state index in [-0.39, 0.29) is 11.5 Å². The predicted octanol–water partition coefficient (Wildman–Crippen LogP) is -0.151. The number of nitrogens with two attached hydrogens (primary N) is 1. The fourth-order valence-corrected chi connectivity index (χ4v) is 1.38. The molecule has 16 heavy (non-hydrogen) atoms. The van der Waals surface area contributed by atoms with Crippen LogP contribution in [0.2, 0.25) is 0 Å². The Hall–Kier alpha value is -2.05.